The molecule has 0 aliphatic carbocycles. The quantitative estimate of drug-likeness (QED) is 0.578. The Kier molecular flexibility index (Phi) is 6.06. The molecule has 0 aliphatic heterocycles. The molecule has 22 heavy (non-hydrogen) atoms. The van der Waals surface area contributed by atoms with Gasteiger partial charge in [-0.25, -0.2) is 17.9 Å². The minimum atomic E-state index is -3.86. The maximum Gasteiger partial charge on any atom is 0.326 e. The summed E-state index contributed by atoms with van der Waals surface area (Å²) in [6, 6.07) is -1.05. The van der Waals surface area contributed by atoms with Crippen molar-refractivity contribution >= 4 is 21.9 Å². The van der Waals surface area contributed by atoms with Crippen molar-refractivity contribution < 1.29 is 23.1 Å². The summed E-state index contributed by atoms with van der Waals surface area (Å²) in [7, 11) is -2.29. The Hall–Kier alpha value is -1.94. The van der Waals surface area contributed by atoms with Crippen molar-refractivity contribution in [3.8, 4) is 0 Å². The Morgan fingerprint density at radius 2 is 2.05 bits per heavy atom. The fourth-order valence-corrected chi connectivity index (χ4v) is 2.68. The molecule has 1 heterocycles. The van der Waals surface area contributed by atoms with Crippen molar-refractivity contribution in [3.63, 3.8) is 0 Å². The van der Waals surface area contributed by atoms with Crippen LogP contribution in [0.25, 0.3) is 0 Å². The molecule has 0 aromatic carbocycles. The van der Waals surface area contributed by atoms with Crippen molar-refractivity contribution in [3.05, 3.63) is 12.4 Å². The third-order valence-corrected chi connectivity index (χ3v) is 4.11. The molecule has 1 rings (SSSR count). The Labute approximate surface area is 128 Å². The number of rotatable bonds is 8. The Balaban J connectivity index is 2.60. The zero-order valence-electron chi connectivity index (χ0n) is 12.6. The third-order valence-electron chi connectivity index (χ3n) is 2.75. The van der Waals surface area contributed by atoms with E-state index >= 15 is 0 Å². The predicted molar refractivity (Wildman–Crippen MR) is 77.4 cm³/mol. The molecule has 0 bridgehead atoms. The summed E-state index contributed by atoms with van der Waals surface area (Å²) in [5, 5.41) is 15.0. The lowest BCUT2D eigenvalue weighted by molar-refractivity contribution is -0.142. The Morgan fingerprint density at radius 3 is 2.50 bits per heavy atom. The van der Waals surface area contributed by atoms with E-state index in [1.54, 1.807) is 7.05 Å². The van der Waals surface area contributed by atoms with Crippen molar-refractivity contribution in [2.75, 3.05) is 6.54 Å². The van der Waals surface area contributed by atoms with Crippen LogP contribution in [-0.2, 0) is 26.7 Å². The Morgan fingerprint density at radius 1 is 1.41 bits per heavy atom. The molecule has 0 fully saturated rings. The molecule has 0 aliphatic rings. The topological polar surface area (TPSA) is 130 Å². The molecule has 1 aromatic rings. The standard InChI is InChI=1S/C12H20N4O5S/c1-8(2)4-10(12(18)19)15-11(17)6-14-22(20,21)9-5-13-16(3)7-9/h5,7-8,10,14H,4,6H2,1-3H3,(H,15,17)(H,18,19)/t10-/m0/s1. The molecular formula is C12H20N4O5S. The minimum Gasteiger partial charge on any atom is -0.480 e. The third kappa shape index (κ3) is 5.45. The number of carboxylic acid groups (broad SMARTS) is 1. The van der Waals surface area contributed by atoms with Crippen molar-refractivity contribution in [2.24, 2.45) is 13.0 Å². The van der Waals surface area contributed by atoms with Crippen LogP contribution in [0.2, 0.25) is 0 Å². The number of nitrogens with one attached hydrogen (secondary N) is 2. The predicted octanol–water partition coefficient (Wildman–Crippen LogP) is -0.686. The first-order chi connectivity index (χ1) is 10.1. The average Bonchev–Trinajstić information content (AvgIpc) is 2.82. The summed E-state index contributed by atoms with van der Waals surface area (Å²) >= 11 is 0. The van der Waals surface area contributed by atoms with E-state index in [2.05, 4.69) is 15.1 Å². The SMILES string of the molecule is CC(C)C[C@H](NC(=O)CNS(=O)(=O)c1cnn(C)c1)C(=O)O. The molecule has 1 atom stereocenters. The zero-order chi connectivity index (χ0) is 16.9. The monoisotopic (exact) mass is 332 g/mol. The van der Waals surface area contributed by atoms with E-state index < -0.39 is 34.5 Å². The molecule has 10 heteroatoms. The minimum absolute atomic E-state index is 0.0697. The van der Waals surface area contributed by atoms with E-state index in [-0.39, 0.29) is 17.2 Å². The van der Waals surface area contributed by atoms with Gasteiger partial charge in [-0.15, -0.1) is 0 Å². The Bertz CT molecular complexity index is 638. The largest absolute Gasteiger partial charge is 0.480 e. The highest BCUT2D eigenvalue weighted by molar-refractivity contribution is 7.89. The molecule has 124 valence electrons. The van der Waals surface area contributed by atoms with Gasteiger partial charge in [0.25, 0.3) is 0 Å². The van der Waals surface area contributed by atoms with Gasteiger partial charge < -0.3 is 10.4 Å². The number of aliphatic carboxylic acids is 1. The highest BCUT2D eigenvalue weighted by atomic mass is 32.2. The summed E-state index contributed by atoms with van der Waals surface area (Å²) in [6.45, 7) is 3.11. The molecule has 3 N–H and O–H groups in total. The van der Waals surface area contributed by atoms with E-state index in [9.17, 15) is 18.0 Å². The van der Waals surface area contributed by atoms with Crippen molar-refractivity contribution in [2.45, 2.75) is 31.2 Å². The fourth-order valence-electron chi connectivity index (χ4n) is 1.72. The number of nitrogens with zero attached hydrogens (tertiary/aromatic N) is 2. The van der Waals surface area contributed by atoms with E-state index in [4.69, 9.17) is 5.11 Å². The van der Waals surface area contributed by atoms with Gasteiger partial charge in [0.15, 0.2) is 0 Å². The molecule has 0 saturated heterocycles. The lowest BCUT2D eigenvalue weighted by Crippen LogP contribution is -2.46. The smallest absolute Gasteiger partial charge is 0.326 e. The number of carbonyl (C=O) groups is 2. The number of hydrogen-bond acceptors (Lipinski definition) is 5. The summed E-state index contributed by atoms with van der Waals surface area (Å²) in [4.78, 5) is 22.7. The van der Waals surface area contributed by atoms with Crippen LogP contribution in [-0.4, -0.2) is 47.8 Å². The van der Waals surface area contributed by atoms with Gasteiger partial charge in [0.1, 0.15) is 10.9 Å². The van der Waals surface area contributed by atoms with Crippen LogP contribution >= 0.6 is 0 Å². The fraction of sp³-hybridized carbons (Fsp3) is 0.583. The molecule has 1 aromatic heterocycles. The van der Waals surface area contributed by atoms with Gasteiger partial charge in [-0.3, -0.25) is 9.48 Å². The lowest BCUT2D eigenvalue weighted by Gasteiger charge is -2.16. The van der Waals surface area contributed by atoms with Crippen LogP contribution in [0.4, 0.5) is 0 Å². The lowest BCUT2D eigenvalue weighted by atomic mass is 10.0. The van der Waals surface area contributed by atoms with Gasteiger partial charge in [0.2, 0.25) is 15.9 Å². The van der Waals surface area contributed by atoms with Crippen LogP contribution in [0.1, 0.15) is 20.3 Å². The highest BCUT2D eigenvalue weighted by Gasteiger charge is 2.22. The molecular weight excluding hydrogens is 312 g/mol. The summed E-state index contributed by atoms with van der Waals surface area (Å²) in [5.74, 6) is -1.79. The van der Waals surface area contributed by atoms with Gasteiger partial charge in [0.05, 0.1) is 12.7 Å². The van der Waals surface area contributed by atoms with Gasteiger partial charge in [-0.1, -0.05) is 13.8 Å². The van der Waals surface area contributed by atoms with Crippen LogP contribution in [0.3, 0.4) is 0 Å². The first-order valence-electron chi connectivity index (χ1n) is 6.62. The highest BCUT2D eigenvalue weighted by Crippen LogP contribution is 2.06. The second kappa shape index (κ2) is 7.36. The van der Waals surface area contributed by atoms with Gasteiger partial charge in [-0.05, 0) is 12.3 Å². The average molecular weight is 332 g/mol. The normalized spacial score (nSPS) is 13.1. The first kappa shape index (κ1) is 18.1. The zero-order valence-corrected chi connectivity index (χ0v) is 13.4. The number of carboxylic acids is 1. The van der Waals surface area contributed by atoms with E-state index in [1.807, 2.05) is 13.8 Å². The maximum atomic E-state index is 11.9. The van der Waals surface area contributed by atoms with Crippen LogP contribution in [0.5, 0.6) is 0 Å². The second-order valence-electron chi connectivity index (χ2n) is 5.26. The van der Waals surface area contributed by atoms with Crippen LogP contribution in [0.15, 0.2) is 17.3 Å². The molecule has 9 nitrogen and oxygen atoms in total. The second-order valence-corrected chi connectivity index (χ2v) is 7.03. The molecule has 0 spiro atoms. The van der Waals surface area contributed by atoms with Gasteiger partial charge >= 0.3 is 5.97 Å². The van der Waals surface area contributed by atoms with Crippen LogP contribution < -0.4 is 10.0 Å². The van der Waals surface area contributed by atoms with Crippen molar-refractivity contribution in [1.82, 2.24) is 19.8 Å². The molecule has 1 amide bonds. The first-order valence-corrected chi connectivity index (χ1v) is 8.10. The van der Waals surface area contributed by atoms with E-state index in [0.717, 1.165) is 6.20 Å². The number of amides is 1. The number of carbonyl (C=O) groups excluding carboxylic acids is 1. The maximum absolute atomic E-state index is 11.9. The number of hydrogen-bond donors (Lipinski definition) is 3. The number of sulfonamides is 1. The van der Waals surface area contributed by atoms with Gasteiger partial charge in [-0.2, -0.15) is 5.10 Å². The molecule has 0 unspecified atom stereocenters. The van der Waals surface area contributed by atoms with Gasteiger partial charge in [0, 0.05) is 13.2 Å². The summed E-state index contributed by atoms with van der Waals surface area (Å²) < 4.78 is 27.2. The molecule has 0 radical (unpaired) electrons. The van der Waals surface area contributed by atoms with E-state index in [0.29, 0.717) is 0 Å². The van der Waals surface area contributed by atoms with Crippen LogP contribution in [0, 0.1) is 5.92 Å². The summed E-state index contributed by atoms with van der Waals surface area (Å²) in [6.07, 6.45) is 2.70. The van der Waals surface area contributed by atoms with Crippen molar-refractivity contribution in [1.29, 1.82) is 0 Å². The number of aryl methyl sites for hydroxylation is 1. The summed E-state index contributed by atoms with van der Waals surface area (Å²) in [5.41, 5.74) is 0. The molecule has 0 saturated carbocycles. The van der Waals surface area contributed by atoms with E-state index in [1.165, 1.54) is 10.9 Å². The number of aromatic nitrogens is 2.